The van der Waals surface area contributed by atoms with Gasteiger partial charge < -0.3 is 34.0 Å². The van der Waals surface area contributed by atoms with Crippen molar-refractivity contribution in [3.8, 4) is 0 Å². The number of carbonyl (C=O) groups excluding carboxylic acids is 1. The van der Waals surface area contributed by atoms with Gasteiger partial charge in [-0.1, -0.05) is 52.2 Å². The largest absolute Gasteiger partial charge is 0.481 e. The van der Waals surface area contributed by atoms with Crippen LogP contribution in [0, 0.1) is 45.8 Å². The summed E-state index contributed by atoms with van der Waals surface area (Å²) in [7, 11) is 0. The molecule has 4 aliphatic heterocycles. The van der Waals surface area contributed by atoms with Crippen LogP contribution in [0.25, 0.3) is 0 Å². The fourth-order valence-corrected chi connectivity index (χ4v) is 10.4. The molecule has 2 N–H and O–H groups in total. The van der Waals surface area contributed by atoms with Crippen LogP contribution in [0.2, 0.25) is 0 Å². The number of carboxylic acid groups (broad SMARTS) is 1. The van der Waals surface area contributed by atoms with Crippen molar-refractivity contribution in [3.05, 3.63) is 11.6 Å². The number of aliphatic carboxylic acids is 1. The first-order chi connectivity index (χ1) is 18.6. The lowest BCUT2D eigenvalue weighted by Gasteiger charge is -2.58. The molecule has 0 spiro atoms. The first-order valence-electron chi connectivity index (χ1n) is 15.0. The molecule has 7 fully saturated rings. The lowest BCUT2D eigenvalue weighted by Crippen LogP contribution is -2.66. The van der Waals surface area contributed by atoms with Gasteiger partial charge in [-0.2, -0.15) is 0 Å². The van der Waals surface area contributed by atoms with Crippen LogP contribution in [0.4, 0.5) is 0 Å². The minimum atomic E-state index is -1.74. The average molecular weight is 547 g/mol. The van der Waals surface area contributed by atoms with E-state index in [1.165, 1.54) is 0 Å². The number of rotatable bonds is 10. The predicted molar refractivity (Wildman–Crippen MR) is 136 cm³/mol. The maximum absolute atomic E-state index is 13.6. The van der Waals surface area contributed by atoms with Gasteiger partial charge in [0.25, 0.3) is 0 Å². The minimum absolute atomic E-state index is 0.0206. The van der Waals surface area contributed by atoms with Gasteiger partial charge in [-0.25, -0.2) is 0 Å². The second-order valence-electron chi connectivity index (χ2n) is 13.7. The molecule has 9 heteroatoms. The van der Waals surface area contributed by atoms with Crippen molar-refractivity contribution in [1.82, 2.24) is 0 Å². The highest BCUT2D eigenvalue weighted by molar-refractivity contribution is 5.90. The first kappa shape index (κ1) is 26.5. The van der Waals surface area contributed by atoms with Crippen LogP contribution >= 0.6 is 0 Å². The molecule has 3 saturated carbocycles. The molecule has 0 aromatic carbocycles. The average Bonchev–Trinajstić information content (AvgIpc) is 3.63. The molecule has 8 bridgehead atoms. The molecule has 0 aromatic heterocycles. The number of aliphatic hydroxyl groups is 1. The molecule has 216 valence electrons. The van der Waals surface area contributed by atoms with E-state index in [0.29, 0.717) is 25.4 Å². The topological polar surface area (TPSA) is 121 Å². The second kappa shape index (κ2) is 8.58. The molecule has 8 aliphatic rings. The van der Waals surface area contributed by atoms with E-state index in [-0.39, 0.29) is 30.3 Å². The number of allylic oxidation sites excluding steroid dienone is 1. The van der Waals surface area contributed by atoms with Crippen molar-refractivity contribution in [3.63, 3.8) is 0 Å². The zero-order chi connectivity index (χ0) is 27.5. The zero-order valence-corrected chi connectivity index (χ0v) is 23.3. The summed E-state index contributed by atoms with van der Waals surface area (Å²) in [4.78, 5) is 26.9. The lowest BCUT2D eigenvalue weighted by molar-refractivity contribution is -0.448. The third-order valence-electron chi connectivity index (χ3n) is 11.9. The van der Waals surface area contributed by atoms with E-state index < -0.39 is 58.9 Å². The van der Waals surface area contributed by atoms with Crippen LogP contribution < -0.4 is 0 Å². The summed E-state index contributed by atoms with van der Waals surface area (Å²) in [5.74, 6) is -2.10. The number of carboxylic acids is 1. The number of aldehydes is 1. The van der Waals surface area contributed by atoms with Crippen molar-refractivity contribution < 1.29 is 43.5 Å². The monoisotopic (exact) mass is 546 g/mol. The third-order valence-corrected chi connectivity index (χ3v) is 11.9. The Labute approximate surface area is 229 Å². The molecule has 13 atom stereocenters. The highest BCUT2D eigenvalue weighted by atomic mass is 17.0. The zero-order valence-electron chi connectivity index (χ0n) is 23.3. The number of aliphatic hydroxyl groups excluding tert-OH is 1. The molecule has 39 heavy (non-hydrogen) atoms. The Bertz CT molecular complexity index is 1090. The normalized spacial score (nSPS) is 54.0. The maximum Gasteiger partial charge on any atom is 0.316 e. The molecular weight excluding hydrogens is 504 g/mol. The summed E-state index contributed by atoms with van der Waals surface area (Å²) in [5.41, 5.74) is -2.31. The van der Waals surface area contributed by atoms with Gasteiger partial charge in [-0.3, -0.25) is 9.53 Å². The summed E-state index contributed by atoms with van der Waals surface area (Å²) in [6.45, 7) is 8.92. The standard InChI is InChI=1S/C30H42O9/c1-5-6-9-35-21-22-24(32)30(38-23(21)25(37-22)39-30)36-14-28-12-18-16(4)7-8-19(18)27(13-31)11-17(28)10-20(15(2)3)29(27,28)26(33)34/h10,13,15-19,21-25,32H,5-9,11-12,14H2,1-4H3,(H,33,34). The smallest absolute Gasteiger partial charge is 0.316 e. The fourth-order valence-electron chi connectivity index (χ4n) is 10.4. The number of carbonyl (C=O) groups is 2. The summed E-state index contributed by atoms with van der Waals surface area (Å²) in [6.07, 6.45) is 4.53. The van der Waals surface area contributed by atoms with Crippen molar-refractivity contribution in [2.24, 2.45) is 45.8 Å². The molecular formula is C30H42O9. The van der Waals surface area contributed by atoms with Crippen LogP contribution in [0.15, 0.2) is 11.6 Å². The van der Waals surface area contributed by atoms with Crippen molar-refractivity contribution >= 4 is 12.3 Å². The summed E-state index contributed by atoms with van der Waals surface area (Å²) < 4.78 is 30.7. The molecule has 4 aliphatic carbocycles. The quantitative estimate of drug-likeness (QED) is 0.242. The highest BCUT2D eigenvalue weighted by Gasteiger charge is 2.85. The molecule has 0 aromatic rings. The van der Waals surface area contributed by atoms with Gasteiger partial charge in [-0.15, -0.1) is 0 Å². The number of fused-ring (bicyclic) bond motifs is 2. The number of hydrogen-bond acceptors (Lipinski definition) is 8. The van der Waals surface area contributed by atoms with E-state index >= 15 is 0 Å². The van der Waals surface area contributed by atoms with Crippen molar-refractivity contribution in [1.29, 1.82) is 0 Å². The van der Waals surface area contributed by atoms with E-state index in [1.54, 1.807) is 0 Å². The Kier molecular flexibility index (Phi) is 5.84. The Balaban J connectivity index is 1.25. The van der Waals surface area contributed by atoms with Gasteiger partial charge in [0.2, 0.25) is 0 Å². The molecule has 0 amide bonds. The fraction of sp³-hybridized carbons (Fsp3) is 0.867. The Morgan fingerprint density at radius 1 is 1.23 bits per heavy atom. The first-order valence-corrected chi connectivity index (χ1v) is 15.0. The lowest BCUT2D eigenvalue weighted by atomic mass is 9.43. The van der Waals surface area contributed by atoms with Crippen molar-refractivity contribution in [2.75, 3.05) is 13.2 Å². The third kappa shape index (κ3) is 2.92. The van der Waals surface area contributed by atoms with Gasteiger partial charge in [0.15, 0.2) is 12.4 Å². The van der Waals surface area contributed by atoms with E-state index in [2.05, 4.69) is 19.9 Å². The number of unbranched alkanes of at least 4 members (excludes halogenated alkanes) is 1. The molecule has 0 radical (unpaired) electrons. The Morgan fingerprint density at radius 2 is 2.03 bits per heavy atom. The molecule has 4 heterocycles. The van der Waals surface area contributed by atoms with Crippen LogP contribution in [-0.4, -0.2) is 72.4 Å². The van der Waals surface area contributed by atoms with Crippen LogP contribution in [0.5, 0.6) is 0 Å². The molecule has 4 saturated heterocycles. The van der Waals surface area contributed by atoms with Gasteiger partial charge in [0.1, 0.15) is 30.0 Å². The summed E-state index contributed by atoms with van der Waals surface area (Å²) >= 11 is 0. The van der Waals surface area contributed by atoms with E-state index in [1.807, 2.05) is 13.8 Å². The Morgan fingerprint density at radius 3 is 2.72 bits per heavy atom. The van der Waals surface area contributed by atoms with Crippen LogP contribution in [0.1, 0.15) is 66.2 Å². The Hall–Kier alpha value is -1.36. The SMILES string of the molecule is CCCCOC1C2OC3(OCC45CC6C(C)CCC6C6(C=O)CC4C=C(C(C)C)C65C(=O)O)OC2OC1C3O. The van der Waals surface area contributed by atoms with E-state index in [9.17, 15) is 19.8 Å². The number of ether oxygens (including phenoxy) is 5. The van der Waals surface area contributed by atoms with Gasteiger partial charge >= 0.3 is 11.9 Å². The molecule has 9 nitrogen and oxygen atoms in total. The van der Waals surface area contributed by atoms with Crippen LogP contribution in [0.3, 0.4) is 0 Å². The highest BCUT2D eigenvalue weighted by Crippen LogP contribution is 2.82. The molecule has 8 rings (SSSR count). The van der Waals surface area contributed by atoms with Gasteiger partial charge in [-0.05, 0) is 55.3 Å². The van der Waals surface area contributed by atoms with Gasteiger partial charge in [0, 0.05) is 12.0 Å². The maximum atomic E-state index is 13.6. The molecule has 13 unspecified atom stereocenters. The number of hydrogen-bond donors (Lipinski definition) is 2. The van der Waals surface area contributed by atoms with Gasteiger partial charge in [0.05, 0.1) is 12.0 Å². The van der Waals surface area contributed by atoms with E-state index in [4.69, 9.17) is 23.7 Å². The van der Waals surface area contributed by atoms with Crippen molar-refractivity contribution in [2.45, 2.75) is 103 Å². The summed E-state index contributed by atoms with van der Waals surface area (Å²) in [6, 6.07) is 0. The van der Waals surface area contributed by atoms with Crippen LogP contribution in [-0.2, 0) is 33.3 Å². The minimum Gasteiger partial charge on any atom is -0.481 e. The predicted octanol–water partition coefficient (Wildman–Crippen LogP) is 3.28. The van der Waals surface area contributed by atoms with E-state index in [0.717, 1.165) is 37.5 Å². The summed E-state index contributed by atoms with van der Waals surface area (Å²) in [5, 5.41) is 22.5. The second-order valence-corrected chi connectivity index (χ2v) is 13.7.